The molecule has 1 saturated heterocycles. The molecule has 0 aromatic carbocycles. The molecule has 1 saturated carbocycles. The number of hydrogen-bond donors (Lipinski definition) is 1. The van der Waals surface area contributed by atoms with E-state index in [-0.39, 0.29) is 18.1 Å². The van der Waals surface area contributed by atoms with Gasteiger partial charge in [0.25, 0.3) is 0 Å². The van der Waals surface area contributed by atoms with Gasteiger partial charge in [-0.1, -0.05) is 19.3 Å². The lowest BCUT2D eigenvalue weighted by Crippen LogP contribution is -2.51. The van der Waals surface area contributed by atoms with Crippen LogP contribution >= 0.6 is 0 Å². The Bertz CT molecular complexity index is 245. The van der Waals surface area contributed by atoms with Crippen LogP contribution in [-0.4, -0.2) is 37.9 Å². The maximum atomic E-state index is 11.8. The Morgan fingerprint density at radius 2 is 2.00 bits per heavy atom. The predicted molar refractivity (Wildman–Crippen MR) is 64.8 cm³/mol. The Balaban J connectivity index is 1.91. The topological polar surface area (TPSA) is 47.6 Å². The second kappa shape index (κ2) is 6.36. The summed E-state index contributed by atoms with van der Waals surface area (Å²) in [6.45, 7) is 0.768. The first kappa shape index (κ1) is 12.8. The van der Waals surface area contributed by atoms with Gasteiger partial charge >= 0.3 is 5.97 Å². The van der Waals surface area contributed by atoms with E-state index in [1.165, 1.54) is 39.2 Å². The van der Waals surface area contributed by atoms with Crippen molar-refractivity contribution in [2.24, 2.45) is 0 Å². The molecule has 17 heavy (non-hydrogen) atoms. The smallest absolute Gasteiger partial charge is 0.325 e. The summed E-state index contributed by atoms with van der Waals surface area (Å²) in [7, 11) is 1.45. The van der Waals surface area contributed by atoms with Crippen LogP contribution in [0.4, 0.5) is 0 Å². The quantitative estimate of drug-likeness (QED) is 0.760. The van der Waals surface area contributed by atoms with Gasteiger partial charge in [-0.3, -0.25) is 10.1 Å². The number of carbonyl (C=O) groups is 1. The van der Waals surface area contributed by atoms with Gasteiger partial charge in [-0.2, -0.15) is 0 Å². The van der Waals surface area contributed by atoms with Gasteiger partial charge in [0, 0.05) is 12.6 Å². The van der Waals surface area contributed by atoms with Crippen LogP contribution in [0.3, 0.4) is 0 Å². The minimum Gasteiger partial charge on any atom is -0.468 e. The maximum absolute atomic E-state index is 11.8. The Morgan fingerprint density at radius 3 is 2.59 bits per heavy atom. The van der Waals surface area contributed by atoms with E-state index >= 15 is 0 Å². The fourth-order valence-corrected chi connectivity index (χ4v) is 2.84. The molecule has 1 heterocycles. The lowest BCUT2D eigenvalue weighted by Gasteiger charge is -2.29. The van der Waals surface area contributed by atoms with E-state index in [1.807, 2.05) is 0 Å². The van der Waals surface area contributed by atoms with Crippen LogP contribution in [0, 0.1) is 0 Å². The van der Waals surface area contributed by atoms with Gasteiger partial charge < -0.3 is 9.47 Å². The predicted octanol–water partition coefficient (Wildman–Crippen LogP) is 1.63. The Morgan fingerprint density at radius 1 is 1.24 bits per heavy atom. The standard InChI is InChI=1S/C13H23NO3/c1-16-13(15)12(11-8-5-9-17-11)14-10-6-3-2-4-7-10/h10-12,14H,2-9H2,1H3. The molecule has 1 aliphatic heterocycles. The monoisotopic (exact) mass is 241 g/mol. The zero-order valence-electron chi connectivity index (χ0n) is 10.6. The third-order valence-electron chi connectivity index (χ3n) is 3.81. The third-order valence-corrected chi connectivity index (χ3v) is 3.81. The molecule has 2 atom stereocenters. The molecule has 4 heteroatoms. The maximum Gasteiger partial charge on any atom is 0.325 e. The minimum atomic E-state index is -0.273. The average Bonchev–Trinajstić information content (AvgIpc) is 2.90. The molecular weight excluding hydrogens is 218 g/mol. The van der Waals surface area contributed by atoms with Crippen molar-refractivity contribution < 1.29 is 14.3 Å². The summed E-state index contributed by atoms with van der Waals surface area (Å²) < 4.78 is 10.5. The fourth-order valence-electron chi connectivity index (χ4n) is 2.84. The van der Waals surface area contributed by atoms with E-state index in [9.17, 15) is 4.79 Å². The zero-order chi connectivity index (χ0) is 12.1. The van der Waals surface area contributed by atoms with Crippen LogP contribution in [-0.2, 0) is 14.3 Å². The van der Waals surface area contributed by atoms with Crippen LogP contribution in [0.25, 0.3) is 0 Å². The van der Waals surface area contributed by atoms with Crippen LogP contribution in [0.15, 0.2) is 0 Å². The van der Waals surface area contributed by atoms with Crippen molar-refractivity contribution in [3.05, 3.63) is 0 Å². The molecule has 0 spiro atoms. The van der Waals surface area contributed by atoms with E-state index in [0.29, 0.717) is 6.04 Å². The number of esters is 1. The molecular formula is C13H23NO3. The number of rotatable bonds is 4. The van der Waals surface area contributed by atoms with Gasteiger partial charge in [0.15, 0.2) is 0 Å². The van der Waals surface area contributed by atoms with Gasteiger partial charge in [-0.25, -0.2) is 0 Å². The second-order valence-electron chi connectivity index (χ2n) is 5.05. The van der Waals surface area contributed by atoms with Gasteiger partial charge in [0.05, 0.1) is 13.2 Å². The summed E-state index contributed by atoms with van der Waals surface area (Å²) >= 11 is 0. The fraction of sp³-hybridized carbons (Fsp3) is 0.923. The Labute approximate surface area is 103 Å². The summed E-state index contributed by atoms with van der Waals surface area (Å²) in [5.74, 6) is -0.178. The molecule has 98 valence electrons. The summed E-state index contributed by atoms with van der Waals surface area (Å²) in [5, 5.41) is 3.45. The molecule has 1 aliphatic carbocycles. The van der Waals surface area contributed by atoms with Crippen molar-refractivity contribution in [3.8, 4) is 0 Å². The molecule has 0 radical (unpaired) electrons. The molecule has 0 bridgehead atoms. The molecule has 4 nitrogen and oxygen atoms in total. The van der Waals surface area contributed by atoms with Gasteiger partial charge in [0.2, 0.25) is 0 Å². The largest absolute Gasteiger partial charge is 0.468 e. The first-order valence-corrected chi connectivity index (χ1v) is 6.76. The lowest BCUT2D eigenvalue weighted by molar-refractivity contribution is -0.147. The van der Waals surface area contributed by atoms with Crippen LogP contribution < -0.4 is 5.32 Å². The normalized spacial score (nSPS) is 27.9. The van der Waals surface area contributed by atoms with Crippen LogP contribution in [0.5, 0.6) is 0 Å². The number of ether oxygens (including phenoxy) is 2. The highest BCUT2D eigenvalue weighted by Gasteiger charge is 2.34. The number of hydrogen-bond acceptors (Lipinski definition) is 4. The number of methoxy groups -OCH3 is 1. The van der Waals surface area contributed by atoms with E-state index < -0.39 is 0 Å². The van der Waals surface area contributed by atoms with E-state index in [1.54, 1.807) is 0 Å². The molecule has 0 amide bonds. The SMILES string of the molecule is COC(=O)C(NC1CCCCC1)C1CCCO1. The molecule has 2 unspecified atom stereocenters. The van der Waals surface area contributed by atoms with E-state index in [0.717, 1.165) is 19.4 Å². The van der Waals surface area contributed by atoms with E-state index in [4.69, 9.17) is 9.47 Å². The number of carbonyl (C=O) groups excluding carboxylic acids is 1. The Hall–Kier alpha value is -0.610. The molecule has 0 aromatic heterocycles. The molecule has 0 aromatic rings. The van der Waals surface area contributed by atoms with Crippen molar-refractivity contribution in [3.63, 3.8) is 0 Å². The second-order valence-corrected chi connectivity index (χ2v) is 5.05. The number of nitrogens with one attached hydrogen (secondary N) is 1. The van der Waals surface area contributed by atoms with Crippen LogP contribution in [0.2, 0.25) is 0 Å². The lowest BCUT2D eigenvalue weighted by atomic mass is 9.94. The Kier molecular flexibility index (Phi) is 4.80. The average molecular weight is 241 g/mol. The zero-order valence-corrected chi connectivity index (χ0v) is 10.6. The van der Waals surface area contributed by atoms with Crippen molar-refractivity contribution in [1.82, 2.24) is 5.32 Å². The van der Waals surface area contributed by atoms with Crippen LogP contribution in [0.1, 0.15) is 44.9 Å². The first-order valence-electron chi connectivity index (χ1n) is 6.76. The summed E-state index contributed by atoms with van der Waals surface area (Å²) in [5.41, 5.74) is 0. The molecule has 2 aliphatic rings. The molecule has 1 N–H and O–H groups in total. The highest BCUT2D eigenvalue weighted by molar-refractivity contribution is 5.76. The highest BCUT2D eigenvalue weighted by atomic mass is 16.5. The summed E-state index contributed by atoms with van der Waals surface area (Å²) in [4.78, 5) is 11.8. The van der Waals surface area contributed by atoms with Crippen molar-refractivity contribution >= 4 is 5.97 Å². The van der Waals surface area contributed by atoms with Crippen molar-refractivity contribution in [2.75, 3.05) is 13.7 Å². The summed E-state index contributed by atoms with van der Waals surface area (Å²) in [6, 6.07) is 0.183. The summed E-state index contributed by atoms with van der Waals surface area (Å²) in [6.07, 6.45) is 8.18. The highest BCUT2D eigenvalue weighted by Crippen LogP contribution is 2.21. The van der Waals surface area contributed by atoms with Gasteiger partial charge in [0.1, 0.15) is 6.04 Å². The molecule has 2 rings (SSSR count). The third kappa shape index (κ3) is 3.42. The minimum absolute atomic E-state index is 0.00405. The van der Waals surface area contributed by atoms with Gasteiger partial charge in [-0.15, -0.1) is 0 Å². The van der Waals surface area contributed by atoms with E-state index in [2.05, 4.69) is 5.32 Å². The molecule has 2 fully saturated rings. The van der Waals surface area contributed by atoms with Crippen molar-refractivity contribution in [2.45, 2.75) is 63.1 Å². The van der Waals surface area contributed by atoms with Gasteiger partial charge in [-0.05, 0) is 25.7 Å². The first-order chi connectivity index (χ1) is 8.31. The van der Waals surface area contributed by atoms with Crippen molar-refractivity contribution in [1.29, 1.82) is 0 Å².